The summed E-state index contributed by atoms with van der Waals surface area (Å²) < 4.78 is 10.1. The maximum absolute atomic E-state index is 12.2. The lowest BCUT2D eigenvalue weighted by molar-refractivity contribution is 0.0710. The van der Waals surface area contributed by atoms with Crippen molar-refractivity contribution in [3.05, 3.63) is 35.4 Å². The zero-order valence-electron chi connectivity index (χ0n) is 12.0. The van der Waals surface area contributed by atoms with E-state index < -0.39 is 0 Å². The Kier molecular flexibility index (Phi) is 3.68. The van der Waals surface area contributed by atoms with Gasteiger partial charge in [0.2, 0.25) is 5.88 Å². The summed E-state index contributed by atoms with van der Waals surface area (Å²) in [5, 5.41) is 4.11. The first-order chi connectivity index (χ1) is 10.2. The van der Waals surface area contributed by atoms with E-state index in [0.717, 1.165) is 30.5 Å². The van der Waals surface area contributed by atoms with Crippen molar-refractivity contribution in [2.45, 2.75) is 32.1 Å². The molecule has 2 N–H and O–H groups in total. The van der Waals surface area contributed by atoms with Crippen LogP contribution in [0.1, 0.15) is 47.3 Å². The lowest BCUT2D eigenvalue weighted by Gasteiger charge is -2.31. The highest BCUT2D eigenvalue weighted by molar-refractivity contribution is 5.93. The van der Waals surface area contributed by atoms with E-state index in [9.17, 15) is 4.79 Å². The molecule has 1 amide bonds. The summed E-state index contributed by atoms with van der Waals surface area (Å²) in [7, 11) is 0. The molecule has 0 spiro atoms. The first-order valence-corrected chi connectivity index (χ1v) is 7.26. The van der Waals surface area contributed by atoms with Crippen LogP contribution in [0.5, 0.6) is 0 Å². The quantitative estimate of drug-likeness (QED) is 0.938. The molecule has 0 saturated carbocycles. The molecule has 1 fully saturated rings. The molecule has 112 valence electrons. The van der Waals surface area contributed by atoms with Crippen LogP contribution in [0.2, 0.25) is 0 Å². The lowest BCUT2D eigenvalue weighted by atomic mass is 9.90. The molecule has 3 rings (SSSR count). The van der Waals surface area contributed by atoms with Crippen LogP contribution in [-0.2, 0) is 6.42 Å². The van der Waals surface area contributed by atoms with Gasteiger partial charge in [-0.05, 0) is 25.3 Å². The topological polar surface area (TPSA) is 85.5 Å². The van der Waals surface area contributed by atoms with Crippen molar-refractivity contribution in [2.24, 2.45) is 0 Å². The molecular weight excluding hydrogens is 270 g/mol. The van der Waals surface area contributed by atoms with Gasteiger partial charge < -0.3 is 19.6 Å². The van der Waals surface area contributed by atoms with E-state index in [0.29, 0.717) is 30.5 Å². The van der Waals surface area contributed by atoms with Gasteiger partial charge in [-0.25, -0.2) is 0 Å². The van der Waals surface area contributed by atoms with Gasteiger partial charge in [0.25, 0.3) is 5.91 Å². The molecule has 1 saturated heterocycles. The monoisotopic (exact) mass is 289 g/mol. The maximum atomic E-state index is 12.2. The third-order valence-electron chi connectivity index (χ3n) is 4.14. The standard InChI is InChI=1S/C15H19N3O3/c1-2-12-13(17-21-14(12)16)10-3-6-18(7-4-10)15(19)11-5-8-20-9-11/h5,8-10H,2-4,6-7,16H2,1H3. The van der Waals surface area contributed by atoms with E-state index in [1.807, 2.05) is 11.8 Å². The predicted octanol–water partition coefficient (Wildman–Crippen LogP) is 2.43. The molecule has 0 radical (unpaired) electrons. The Morgan fingerprint density at radius 2 is 2.24 bits per heavy atom. The molecule has 6 heteroatoms. The van der Waals surface area contributed by atoms with Crippen molar-refractivity contribution in [3.8, 4) is 0 Å². The van der Waals surface area contributed by atoms with Crippen molar-refractivity contribution < 1.29 is 13.7 Å². The molecule has 0 aromatic carbocycles. The summed E-state index contributed by atoms with van der Waals surface area (Å²) in [6, 6.07) is 1.70. The normalized spacial score (nSPS) is 16.3. The van der Waals surface area contributed by atoms with E-state index in [1.165, 1.54) is 12.5 Å². The Labute approximate surface area is 122 Å². The van der Waals surface area contributed by atoms with Crippen molar-refractivity contribution in [1.29, 1.82) is 0 Å². The second-order valence-corrected chi connectivity index (χ2v) is 5.34. The largest absolute Gasteiger partial charge is 0.472 e. The minimum absolute atomic E-state index is 0.0255. The van der Waals surface area contributed by atoms with Crippen molar-refractivity contribution in [2.75, 3.05) is 18.8 Å². The molecule has 2 aromatic rings. The number of likely N-dealkylation sites (tertiary alicyclic amines) is 1. The van der Waals surface area contributed by atoms with Crippen LogP contribution in [0.15, 0.2) is 27.5 Å². The SMILES string of the molecule is CCc1c(C2CCN(C(=O)c3ccoc3)CC2)noc1N. The fourth-order valence-electron chi connectivity index (χ4n) is 2.94. The average molecular weight is 289 g/mol. The number of rotatable bonds is 3. The molecular formula is C15H19N3O3. The fraction of sp³-hybridized carbons (Fsp3) is 0.467. The molecule has 2 aromatic heterocycles. The number of piperidine rings is 1. The lowest BCUT2D eigenvalue weighted by Crippen LogP contribution is -2.37. The van der Waals surface area contributed by atoms with E-state index in [-0.39, 0.29) is 5.91 Å². The molecule has 0 unspecified atom stereocenters. The minimum Gasteiger partial charge on any atom is -0.472 e. The summed E-state index contributed by atoms with van der Waals surface area (Å²) in [5.41, 5.74) is 8.37. The van der Waals surface area contributed by atoms with Crippen LogP contribution in [0.4, 0.5) is 5.88 Å². The summed E-state index contributed by atoms with van der Waals surface area (Å²) in [6.45, 7) is 3.47. The predicted molar refractivity (Wildman–Crippen MR) is 76.9 cm³/mol. The average Bonchev–Trinajstić information content (AvgIpc) is 3.16. The highest BCUT2D eigenvalue weighted by Gasteiger charge is 2.28. The summed E-state index contributed by atoms with van der Waals surface area (Å²) in [5.74, 6) is 0.761. The Hall–Kier alpha value is -2.24. The second-order valence-electron chi connectivity index (χ2n) is 5.34. The van der Waals surface area contributed by atoms with Crippen molar-refractivity contribution in [1.82, 2.24) is 10.1 Å². The van der Waals surface area contributed by atoms with E-state index in [2.05, 4.69) is 5.16 Å². The number of hydrogen-bond acceptors (Lipinski definition) is 5. The Morgan fingerprint density at radius 1 is 1.48 bits per heavy atom. The third-order valence-corrected chi connectivity index (χ3v) is 4.14. The van der Waals surface area contributed by atoms with Gasteiger partial charge in [-0.15, -0.1) is 0 Å². The summed E-state index contributed by atoms with van der Waals surface area (Å²) >= 11 is 0. The molecule has 6 nitrogen and oxygen atoms in total. The number of nitrogen functional groups attached to an aromatic ring is 1. The van der Waals surface area contributed by atoms with Crippen LogP contribution >= 0.6 is 0 Å². The number of amides is 1. The second kappa shape index (κ2) is 5.63. The van der Waals surface area contributed by atoms with Crippen LogP contribution in [-0.4, -0.2) is 29.1 Å². The molecule has 3 heterocycles. The van der Waals surface area contributed by atoms with Gasteiger partial charge >= 0.3 is 0 Å². The number of furan rings is 1. The van der Waals surface area contributed by atoms with Crippen molar-refractivity contribution in [3.63, 3.8) is 0 Å². The van der Waals surface area contributed by atoms with Crippen LogP contribution < -0.4 is 5.73 Å². The van der Waals surface area contributed by atoms with Crippen molar-refractivity contribution >= 4 is 11.8 Å². The highest BCUT2D eigenvalue weighted by atomic mass is 16.5. The minimum atomic E-state index is 0.0255. The number of nitrogens with zero attached hydrogens (tertiary/aromatic N) is 2. The van der Waals surface area contributed by atoms with E-state index in [4.69, 9.17) is 14.7 Å². The van der Waals surface area contributed by atoms with Crippen LogP contribution in [0.25, 0.3) is 0 Å². The molecule has 0 atom stereocenters. The van der Waals surface area contributed by atoms with Crippen LogP contribution in [0.3, 0.4) is 0 Å². The van der Waals surface area contributed by atoms with E-state index in [1.54, 1.807) is 6.07 Å². The Bertz CT molecular complexity index is 610. The number of carbonyl (C=O) groups excluding carboxylic acids is 1. The van der Waals surface area contributed by atoms with Gasteiger partial charge in [0.05, 0.1) is 17.5 Å². The Balaban J connectivity index is 1.66. The van der Waals surface area contributed by atoms with Gasteiger partial charge in [-0.1, -0.05) is 12.1 Å². The zero-order valence-corrected chi connectivity index (χ0v) is 12.0. The number of anilines is 1. The van der Waals surface area contributed by atoms with Gasteiger partial charge in [0, 0.05) is 24.6 Å². The number of aromatic nitrogens is 1. The van der Waals surface area contributed by atoms with Gasteiger partial charge in [-0.2, -0.15) is 0 Å². The highest BCUT2D eigenvalue weighted by Crippen LogP contribution is 2.32. The molecule has 1 aliphatic heterocycles. The summed E-state index contributed by atoms with van der Waals surface area (Å²) in [4.78, 5) is 14.1. The molecule has 0 aliphatic carbocycles. The van der Waals surface area contributed by atoms with Crippen LogP contribution in [0, 0.1) is 0 Å². The molecule has 1 aliphatic rings. The molecule has 21 heavy (non-hydrogen) atoms. The maximum Gasteiger partial charge on any atom is 0.257 e. The fourth-order valence-corrected chi connectivity index (χ4v) is 2.94. The number of nitrogens with two attached hydrogens (primary N) is 1. The third kappa shape index (κ3) is 2.53. The Morgan fingerprint density at radius 3 is 2.86 bits per heavy atom. The first-order valence-electron chi connectivity index (χ1n) is 7.26. The number of carbonyl (C=O) groups is 1. The van der Waals surface area contributed by atoms with Gasteiger partial charge in [0.1, 0.15) is 6.26 Å². The number of hydrogen-bond donors (Lipinski definition) is 1. The molecule has 0 bridgehead atoms. The first kappa shape index (κ1) is 13.7. The smallest absolute Gasteiger partial charge is 0.257 e. The summed E-state index contributed by atoms with van der Waals surface area (Å²) in [6.07, 6.45) is 5.58. The van der Waals surface area contributed by atoms with Gasteiger partial charge in [0.15, 0.2) is 0 Å². The zero-order chi connectivity index (χ0) is 14.8. The van der Waals surface area contributed by atoms with Gasteiger partial charge in [-0.3, -0.25) is 4.79 Å². The van der Waals surface area contributed by atoms with E-state index >= 15 is 0 Å².